The smallest absolute Gasteiger partial charge is 0.102 e. The standard InChI is InChI=1S/C18H15P.C15H11.C6H15Si.Ru.2H/c1-4-10-16(11-5-1)19(17-12-6-2-7-13-17)18-14-8-3-9-15-18;1-2-6-12(7-3-1)15-11-10-13-8-4-5-9-14(13)15;1-4-7(5-2)6-3;;;/h1-15H;1-11H;4-6H2,1-3H3;;;/q;-1;;;;/p+1. The van der Waals surface area contributed by atoms with Gasteiger partial charge in [-0.25, -0.2) is 0 Å². The molecule has 0 amide bonds. The first-order valence-corrected chi connectivity index (χ1v) is 18.4. The third kappa shape index (κ3) is 9.50. The van der Waals surface area contributed by atoms with Crippen molar-refractivity contribution in [2.24, 2.45) is 0 Å². The summed E-state index contributed by atoms with van der Waals surface area (Å²) in [6, 6.07) is 60.3. The quantitative estimate of drug-likeness (QED) is 0.0901. The van der Waals surface area contributed by atoms with E-state index in [-0.39, 0.29) is 28.3 Å². The molecule has 3 heteroatoms. The van der Waals surface area contributed by atoms with E-state index >= 15 is 0 Å². The van der Waals surface area contributed by atoms with Crippen LogP contribution in [0.5, 0.6) is 0 Å². The Labute approximate surface area is 269 Å². The molecule has 6 aromatic carbocycles. The van der Waals surface area contributed by atoms with Crippen LogP contribution in [-0.2, 0) is 19.5 Å². The van der Waals surface area contributed by atoms with Crippen LogP contribution in [0.4, 0.5) is 0 Å². The van der Waals surface area contributed by atoms with Crippen molar-refractivity contribution in [1.29, 1.82) is 0 Å². The van der Waals surface area contributed by atoms with E-state index in [2.05, 4.69) is 178 Å². The zero-order valence-corrected chi connectivity index (χ0v) is 29.0. The molecule has 0 saturated carbocycles. The average molecular weight is 673 g/mol. The molecule has 0 aliphatic rings. The Morgan fingerprint density at radius 3 is 1.29 bits per heavy atom. The number of fused-ring (bicyclic) bond motifs is 1. The fraction of sp³-hybridized carbons (Fsp3) is 0.154. The second kappa shape index (κ2) is 18.5. The largest absolute Gasteiger partial charge is 0.150 e. The van der Waals surface area contributed by atoms with E-state index in [0.29, 0.717) is 0 Å². The fourth-order valence-corrected chi connectivity index (χ4v) is 9.16. The molecule has 0 fully saturated rings. The van der Waals surface area contributed by atoms with Gasteiger partial charge in [-0.05, 0) is 36.4 Å². The summed E-state index contributed by atoms with van der Waals surface area (Å²) in [6.45, 7) is 6.92. The molecule has 0 nitrogen and oxygen atoms in total. The topological polar surface area (TPSA) is 0 Å². The zero-order valence-electron chi connectivity index (χ0n) is 25.0. The molecule has 42 heavy (non-hydrogen) atoms. The van der Waals surface area contributed by atoms with Gasteiger partial charge in [-0.1, -0.05) is 135 Å². The van der Waals surface area contributed by atoms with E-state index in [4.69, 9.17) is 0 Å². The first kappa shape index (κ1) is 33.5. The van der Waals surface area contributed by atoms with Gasteiger partial charge in [-0.3, -0.25) is 0 Å². The van der Waals surface area contributed by atoms with Crippen molar-refractivity contribution in [3.63, 3.8) is 0 Å². The summed E-state index contributed by atoms with van der Waals surface area (Å²) in [6.07, 6.45) is 0. The predicted molar refractivity (Wildman–Crippen MR) is 192 cm³/mol. The van der Waals surface area contributed by atoms with Crippen molar-refractivity contribution in [3.05, 3.63) is 158 Å². The minimum atomic E-state index is -0.877. The van der Waals surface area contributed by atoms with Crippen LogP contribution in [0.15, 0.2) is 158 Å². The molecule has 1 radical (unpaired) electrons. The van der Waals surface area contributed by atoms with E-state index < -0.39 is 7.92 Å². The van der Waals surface area contributed by atoms with E-state index in [9.17, 15) is 0 Å². The van der Waals surface area contributed by atoms with Crippen LogP contribution in [0.1, 0.15) is 20.8 Å². The third-order valence-corrected chi connectivity index (χ3v) is 13.2. The van der Waals surface area contributed by atoms with Crippen molar-refractivity contribution >= 4 is 43.4 Å². The number of rotatable bonds is 7. The molecule has 0 aliphatic heterocycles. The molecule has 0 atom stereocenters. The first-order valence-electron chi connectivity index (χ1n) is 14.8. The van der Waals surface area contributed by atoms with Crippen LogP contribution in [0.3, 0.4) is 0 Å². The molecular formula is C39H44PRuSi. The zero-order chi connectivity index (χ0) is 28.7. The Hall–Kier alpha value is -3.02. The van der Waals surface area contributed by atoms with Crippen molar-refractivity contribution in [3.8, 4) is 11.1 Å². The summed E-state index contributed by atoms with van der Waals surface area (Å²) in [4.78, 5) is 0. The molecule has 6 aromatic rings. The van der Waals surface area contributed by atoms with Gasteiger partial charge in [0.15, 0.2) is 0 Å². The maximum Gasteiger partial charge on any atom is 0.102 e. The van der Waals surface area contributed by atoms with Crippen LogP contribution in [-0.4, -0.2) is 8.80 Å². The molecule has 0 aliphatic carbocycles. The van der Waals surface area contributed by atoms with Crippen molar-refractivity contribution in [1.82, 2.24) is 0 Å². The van der Waals surface area contributed by atoms with Gasteiger partial charge in [0.2, 0.25) is 0 Å². The monoisotopic (exact) mass is 673 g/mol. The van der Waals surface area contributed by atoms with Crippen molar-refractivity contribution < 1.29 is 19.5 Å². The summed E-state index contributed by atoms with van der Waals surface area (Å²) < 4.78 is 0. The number of hydrogen-bond acceptors (Lipinski definition) is 0. The maximum absolute atomic E-state index is 2.31. The van der Waals surface area contributed by atoms with Gasteiger partial charge in [-0.15, -0.1) is 46.7 Å². The maximum atomic E-state index is 2.31. The normalized spacial score (nSPS) is 10.3. The Kier molecular flexibility index (Phi) is 14.8. The van der Waals surface area contributed by atoms with E-state index in [1.807, 2.05) is 0 Å². The predicted octanol–water partition coefficient (Wildman–Crippen LogP) is 9.41. The molecule has 0 saturated heterocycles. The summed E-state index contributed by atoms with van der Waals surface area (Å²) in [5.41, 5.74) is 2.62. The van der Waals surface area contributed by atoms with Crippen LogP contribution in [0, 0.1) is 0 Å². The first-order chi connectivity index (χ1) is 20.2. The van der Waals surface area contributed by atoms with E-state index in [0.717, 1.165) is 0 Å². The van der Waals surface area contributed by atoms with Gasteiger partial charge >= 0.3 is 19.5 Å². The van der Waals surface area contributed by atoms with Gasteiger partial charge < -0.3 is 0 Å². The molecule has 0 N–H and O–H groups in total. The molecule has 0 heterocycles. The molecule has 0 bridgehead atoms. The summed E-state index contributed by atoms with van der Waals surface area (Å²) >= 11 is 0. The molecule has 6 rings (SSSR count). The van der Waals surface area contributed by atoms with Gasteiger partial charge in [0.25, 0.3) is 0 Å². The SMILES string of the molecule is CC[Si](CC)CC.[RuH2].c1ccc(-c2c[cH-]c3ccccc23)cc1.c1ccc([PH+](c2ccccc2)c2ccccc2)cc1. The molecule has 0 spiro atoms. The Bertz CT molecular complexity index is 1430. The van der Waals surface area contributed by atoms with E-state index in [1.54, 1.807) is 0 Å². The Balaban J connectivity index is 0.000000189. The van der Waals surface area contributed by atoms with Crippen LogP contribution >= 0.6 is 7.92 Å². The molecule has 217 valence electrons. The fourth-order valence-electron chi connectivity index (χ4n) is 5.08. The van der Waals surface area contributed by atoms with Crippen LogP contribution in [0.25, 0.3) is 21.9 Å². The number of benzene rings is 5. The summed E-state index contributed by atoms with van der Waals surface area (Å²) in [5.74, 6) is 0. The molecule has 0 unspecified atom stereocenters. The minimum Gasteiger partial charge on any atom is -0.150 e. The summed E-state index contributed by atoms with van der Waals surface area (Å²) in [5, 5.41) is 6.96. The Morgan fingerprint density at radius 2 is 0.881 bits per heavy atom. The molecular weight excluding hydrogens is 629 g/mol. The van der Waals surface area contributed by atoms with Gasteiger partial charge in [0.05, 0.1) is 7.92 Å². The van der Waals surface area contributed by atoms with Gasteiger partial charge in [0.1, 0.15) is 15.9 Å². The van der Waals surface area contributed by atoms with Crippen molar-refractivity contribution in [2.75, 3.05) is 0 Å². The average Bonchev–Trinajstić information content (AvgIpc) is 3.49. The minimum absolute atomic E-state index is 0. The van der Waals surface area contributed by atoms with Gasteiger partial charge in [-0.2, -0.15) is 0 Å². The third-order valence-electron chi connectivity index (χ3n) is 7.45. The van der Waals surface area contributed by atoms with Crippen LogP contribution in [0.2, 0.25) is 18.1 Å². The van der Waals surface area contributed by atoms with Crippen LogP contribution < -0.4 is 15.9 Å². The van der Waals surface area contributed by atoms with E-state index in [1.165, 1.54) is 55.9 Å². The Morgan fingerprint density at radius 1 is 0.500 bits per heavy atom. The second-order valence-corrected chi connectivity index (χ2v) is 16.1. The second-order valence-electron chi connectivity index (χ2n) is 9.98. The van der Waals surface area contributed by atoms with Gasteiger partial charge in [0, 0.05) is 8.80 Å². The molecule has 0 aromatic heterocycles. The van der Waals surface area contributed by atoms with Crippen molar-refractivity contribution in [2.45, 2.75) is 38.9 Å². The number of hydrogen-bond donors (Lipinski definition) is 0. The summed E-state index contributed by atoms with van der Waals surface area (Å²) in [7, 11) is -0.740.